The van der Waals surface area contributed by atoms with Crippen LogP contribution in [0.25, 0.3) is 0 Å². The number of hydrogen-bond donors (Lipinski definition) is 2. The first-order chi connectivity index (χ1) is 9.67. The van der Waals surface area contributed by atoms with E-state index in [2.05, 4.69) is 29.4 Å². The van der Waals surface area contributed by atoms with E-state index in [1.54, 1.807) is 0 Å². The number of anilines is 1. The van der Waals surface area contributed by atoms with Crippen molar-refractivity contribution in [2.75, 3.05) is 5.32 Å². The Morgan fingerprint density at radius 1 is 1.14 bits per heavy atom. The first kappa shape index (κ1) is 17.8. The predicted octanol–water partition coefficient (Wildman–Crippen LogP) is 4.45. The molecule has 0 atom stereocenters. The SMILES string of the molecule is CCc1ccc(NC(N)=NCc2cccc(Cl)c2)cc1.I. The van der Waals surface area contributed by atoms with Crippen molar-refractivity contribution in [1.29, 1.82) is 0 Å². The van der Waals surface area contributed by atoms with Crippen LogP contribution in [0, 0.1) is 0 Å². The molecule has 21 heavy (non-hydrogen) atoms. The van der Waals surface area contributed by atoms with Crippen LogP contribution in [-0.2, 0) is 13.0 Å². The predicted molar refractivity (Wildman–Crippen MR) is 102 cm³/mol. The number of halogens is 2. The first-order valence-corrected chi connectivity index (χ1v) is 6.95. The van der Waals surface area contributed by atoms with Crippen LogP contribution < -0.4 is 11.1 Å². The minimum atomic E-state index is 0. The molecule has 3 N–H and O–H groups in total. The third kappa shape index (κ3) is 5.93. The lowest BCUT2D eigenvalue weighted by Crippen LogP contribution is -2.22. The summed E-state index contributed by atoms with van der Waals surface area (Å²) >= 11 is 5.92. The molecule has 0 unspecified atom stereocenters. The molecule has 3 nitrogen and oxygen atoms in total. The third-order valence-corrected chi connectivity index (χ3v) is 3.19. The van der Waals surface area contributed by atoms with Crippen molar-refractivity contribution in [3.8, 4) is 0 Å². The smallest absolute Gasteiger partial charge is 0.193 e. The standard InChI is InChI=1S/C16H18ClN3.HI/c1-2-12-6-8-15(9-7-12)20-16(18)19-11-13-4-3-5-14(17)10-13;/h3-10H,2,11H2,1H3,(H3,18,19,20);1H. The molecule has 0 aromatic heterocycles. The summed E-state index contributed by atoms with van der Waals surface area (Å²) in [5.41, 5.74) is 9.13. The summed E-state index contributed by atoms with van der Waals surface area (Å²) in [6.07, 6.45) is 1.03. The Labute approximate surface area is 147 Å². The van der Waals surface area contributed by atoms with Crippen LogP contribution in [-0.4, -0.2) is 5.96 Å². The van der Waals surface area contributed by atoms with Crippen molar-refractivity contribution in [2.24, 2.45) is 10.7 Å². The molecule has 0 spiro atoms. The molecule has 2 aromatic carbocycles. The van der Waals surface area contributed by atoms with Crippen molar-refractivity contribution in [3.05, 3.63) is 64.7 Å². The van der Waals surface area contributed by atoms with Gasteiger partial charge in [0.15, 0.2) is 5.96 Å². The van der Waals surface area contributed by atoms with E-state index in [0.29, 0.717) is 17.5 Å². The Balaban J connectivity index is 0.00000220. The molecular formula is C16H19ClIN3. The molecule has 0 aliphatic heterocycles. The number of guanidine groups is 1. The van der Waals surface area contributed by atoms with Crippen LogP contribution in [0.15, 0.2) is 53.5 Å². The number of nitrogens with zero attached hydrogens (tertiary/aromatic N) is 1. The van der Waals surface area contributed by atoms with E-state index in [-0.39, 0.29) is 24.0 Å². The molecule has 0 amide bonds. The molecule has 2 aromatic rings. The summed E-state index contributed by atoms with van der Waals surface area (Å²) in [7, 11) is 0. The number of nitrogens with two attached hydrogens (primary N) is 1. The van der Waals surface area contributed by atoms with E-state index in [1.165, 1.54) is 5.56 Å². The zero-order valence-electron chi connectivity index (χ0n) is 11.8. The van der Waals surface area contributed by atoms with Gasteiger partial charge in [-0.05, 0) is 41.8 Å². The normalized spacial score (nSPS) is 10.9. The highest BCUT2D eigenvalue weighted by atomic mass is 127. The zero-order chi connectivity index (χ0) is 14.4. The number of hydrogen-bond acceptors (Lipinski definition) is 1. The Morgan fingerprint density at radius 3 is 2.48 bits per heavy atom. The van der Waals surface area contributed by atoms with Gasteiger partial charge in [-0.15, -0.1) is 24.0 Å². The van der Waals surface area contributed by atoms with Crippen molar-refractivity contribution in [2.45, 2.75) is 19.9 Å². The molecule has 0 saturated carbocycles. The molecule has 0 bridgehead atoms. The number of benzene rings is 2. The lowest BCUT2D eigenvalue weighted by molar-refractivity contribution is 1.06. The average molecular weight is 416 g/mol. The van der Waals surface area contributed by atoms with E-state index in [1.807, 2.05) is 36.4 Å². The van der Waals surface area contributed by atoms with Gasteiger partial charge in [-0.1, -0.05) is 42.8 Å². The van der Waals surface area contributed by atoms with E-state index in [0.717, 1.165) is 17.7 Å². The Hall–Kier alpha value is -1.27. The summed E-state index contributed by atoms with van der Waals surface area (Å²) in [4.78, 5) is 4.30. The molecule has 2 rings (SSSR count). The Morgan fingerprint density at radius 2 is 1.86 bits per heavy atom. The number of aliphatic imine (C=N–C) groups is 1. The Bertz CT molecular complexity index is 597. The second-order valence-electron chi connectivity index (χ2n) is 4.51. The van der Waals surface area contributed by atoms with Gasteiger partial charge in [0.25, 0.3) is 0 Å². The largest absolute Gasteiger partial charge is 0.370 e. The highest BCUT2D eigenvalue weighted by Crippen LogP contribution is 2.12. The van der Waals surface area contributed by atoms with Gasteiger partial charge in [0.2, 0.25) is 0 Å². The van der Waals surface area contributed by atoms with Crippen LogP contribution in [0.4, 0.5) is 5.69 Å². The van der Waals surface area contributed by atoms with Gasteiger partial charge in [0.1, 0.15) is 0 Å². The van der Waals surface area contributed by atoms with Gasteiger partial charge >= 0.3 is 0 Å². The molecule has 0 aliphatic rings. The Kier molecular flexibility index (Phi) is 7.53. The van der Waals surface area contributed by atoms with Crippen molar-refractivity contribution in [3.63, 3.8) is 0 Å². The zero-order valence-corrected chi connectivity index (χ0v) is 14.9. The summed E-state index contributed by atoms with van der Waals surface area (Å²) in [6.45, 7) is 2.63. The van der Waals surface area contributed by atoms with Crippen molar-refractivity contribution < 1.29 is 0 Å². The van der Waals surface area contributed by atoms with Gasteiger partial charge in [-0.3, -0.25) is 0 Å². The topological polar surface area (TPSA) is 50.4 Å². The van der Waals surface area contributed by atoms with Gasteiger partial charge in [-0.25, -0.2) is 4.99 Å². The fourth-order valence-electron chi connectivity index (χ4n) is 1.82. The van der Waals surface area contributed by atoms with Crippen LogP contribution in [0.5, 0.6) is 0 Å². The molecule has 0 fully saturated rings. The maximum atomic E-state index is 5.92. The van der Waals surface area contributed by atoms with Crippen LogP contribution >= 0.6 is 35.6 Å². The van der Waals surface area contributed by atoms with Crippen LogP contribution in [0.3, 0.4) is 0 Å². The maximum absolute atomic E-state index is 5.92. The minimum Gasteiger partial charge on any atom is -0.370 e. The van der Waals surface area contributed by atoms with E-state index < -0.39 is 0 Å². The van der Waals surface area contributed by atoms with Crippen LogP contribution in [0.2, 0.25) is 5.02 Å². The lowest BCUT2D eigenvalue weighted by Gasteiger charge is -2.06. The van der Waals surface area contributed by atoms with Crippen molar-refractivity contribution in [1.82, 2.24) is 0 Å². The van der Waals surface area contributed by atoms with E-state index >= 15 is 0 Å². The second-order valence-corrected chi connectivity index (χ2v) is 4.94. The highest BCUT2D eigenvalue weighted by molar-refractivity contribution is 14.0. The van der Waals surface area contributed by atoms with E-state index in [4.69, 9.17) is 17.3 Å². The highest BCUT2D eigenvalue weighted by Gasteiger charge is 1.97. The van der Waals surface area contributed by atoms with Gasteiger partial charge in [0, 0.05) is 10.7 Å². The lowest BCUT2D eigenvalue weighted by atomic mass is 10.1. The molecule has 0 radical (unpaired) electrons. The fraction of sp³-hybridized carbons (Fsp3) is 0.188. The summed E-state index contributed by atoms with van der Waals surface area (Å²) in [5.74, 6) is 0.397. The fourth-order valence-corrected chi connectivity index (χ4v) is 2.04. The van der Waals surface area contributed by atoms with Crippen molar-refractivity contribution >= 4 is 47.2 Å². The van der Waals surface area contributed by atoms with Gasteiger partial charge < -0.3 is 11.1 Å². The molecular weight excluding hydrogens is 397 g/mol. The minimum absolute atomic E-state index is 0. The molecule has 112 valence electrons. The number of rotatable bonds is 4. The summed E-state index contributed by atoms with van der Waals surface area (Å²) < 4.78 is 0. The average Bonchev–Trinajstić information content (AvgIpc) is 2.46. The molecule has 0 heterocycles. The third-order valence-electron chi connectivity index (χ3n) is 2.96. The number of nitrogens with one attached hydrogen (secondary N) is 1. The quantitative estimate of drug-likeness (QED) is 0.440. The number of aryl methyl sites for hydroxylation is 1. The van der Waals surface area contributed by atoms with Gasteiger partial charge in [0.05, 0.1) is 6.54 Å². The molecule has 0 aliphatic carbocycles. The van der Waals surface area contributed by atoms with Crippen LogP contribution in [0.1, 0.15) is 18.1 Å². The summed E-state index contributed by atoms with van der Waals surface area (Å²) in [6, 6.07) is 15.7. The molecule has 0 saturated heterocycles. The summed E-state index contributed by atoms with van der Waals surface area (Å²) in [5, 5.41) is 3.78. The van der Waals surface area contributed by atoms with E-state index in [9.17, 15) is 0 Å². The first-order valence-electron chi connectivity index (χ1n) is 6.57. The maximum Gasteiger partial charge on any atom is 0.193 e. The monoisotopic (exact) mass is 415 g/mol. The second kappa shape index (κ2) is 8.89. The molecule has 5 heteroatoms. The van der Waals surface area contributed by atoms with Gasteiger partial charge in [-0.2, -0.15) is 0 Å².